The molecule has 1 aliphatic heterocycles. The number of nitrogens with one attached hydrogen (secondary N) is 2. The molecule has 3 atom stereocenters. The van der Waals surface area contributed by atoms with Crippen LogP contribution in [0.5, 0.6) is 0 Å². The predicted molar refractivity (Wildman–Crippen MR) is 107 cm³/mol. The summed E-state index contributed by atoms with van der Waals surface area (Å²) < 4.78 is 26.7. The fraction of sp³-hybridized carbons (Fsp3) is 0.350. The Kier molecular flexibility index (Phi) is 8.07. The van der Waals surface area contributed by atoms with Crippen LogP contribution in [0.15, 0.2) is 53.4 Å². The van der Waals surface area contributed by atoms with Crippen molar-refractivity contribution < 1.29 is 13.6 Å². The highest BCUT2D eigenvalue weighted by molar-refractivity contribution is 8.00. The lowest BCUT2D eigenvalue weighted by Gasteiger charge is -2.30. The van der Waals surface area contributed by atoms with Crippen LogP contribution in [0.25, 0.3) is 0 Å². The summed E-state index contributed by atoms with van der Waals surface area (Å²) >= 11 is 1.23. The second kappa shape index (κ2) is 10.1. The maximum absolute atomic E-state index is 13.6. The first-order valence-corrected chi connectivity index (χ1v) is 9.61. The number of hydrogen-bond donors (Lipinski definition) is 2. The van der Waals surface area contributed by atoms with Gasteiger partial charge in [-0.2, -0.15) is 0 Å². The molecule has 1 saturated heterocycles. The molecule has 1 fully saturated rings. The van der Waals surface area contributed by atoms with Gasteiger partial charge in [0.2, 0.25) is 5.91 Å². The summed E-state index contributed by atoms with van der Waals surface area (Å²) in [5.41, 5.74) is 0.835. The molecule has 146 valence electrons. The van der Waals surface area contributed by atoms with E-state index in [1.54, 1.807) is 0 Å². The van der Waals surface area contributed by atoms with E-state index >= 15 is 0 Å². The Hall–Kier alpha value is -1.63. The van der Waals surface area contributed by atoms with Gasteiger partial charge in [-0.15, -0.1) is 24.2 Å². The van der Waals surface area contributed by atoms with Gasteiger partial charge in [0.25, 0.3) is 0 Å². The topological polar surface area (TPSA) is 41.1 Å². The van der Waals surface area contributed by atoms with Gasteiger partial charge in [-0.3, -0.25) is 4.79 Å². The Bertz CT molecular complexity index is 763. The molecule has 0 radical (unpaired) electrons. The Balaban J connectivity index is 0.00000261. The highest BCUT2D eigenvalue weighted by Gasteiger charge is 2.26. The number of halogens is 3. The molecular weight excluding hydrogens is 390 g/mol. The highest BCUT2D eigenvalue weighted by atomic mass is 35.5. The van der Waals surface area contributed by atoms with Gasteiger partial charge >= 0.3 is 0 Å². The standard InChI is InChI=1S/C20H22F2N2OS.ClH/c1-13-11-15(9-10-23-13)24-20(25)19(14-5-3-2-4-6-14)26-16-7-8-17(21)18(22)12-16;/h2-8,12-13,15,19,23H,9-11H2,1H3,(H,24,25);1H. The van der Waals surface area contributed by atoms with Gasteiger partial charge in [0.1, 0.15) is 5.25 Å². The zero-order chi connectivity index (χ0) is 18.5. The molecule has 0 aromatic heterocycles. The van der Waals surface area contributed by atoms with Crippen molar-refractivity contribution in [1.29, 1.82) is 0 Å². The molecule has 2 aromatic carbocycles. The molecule has 2 aromatic rings. The van der Waals surface area contributed by atoms with Gasteiger partial charge in [0.15, 0.2) is 11.6 Å². The number of benzene rings is 2. The van der Waals surface area contributed by atoms with Gasteiger partial charge < -0.3 is 10.6 Å². The van der Waals surface area contributed by atoms with Gasteiger partial charge in [-0.05, 0) is 50.1 Å². The van der Waals surface area contributed by atoms with Crippen molar-refractivity contribution in [3.05, 3.63) is 65.7 Å². The van der Waals surface area contributed by atoms with Gasteiger partial charge in [0.05, 0.1) is 0 Å². The molecule has 2 N–H and O–H groups in total. The summed E-state index contributed by atoms with van der Waals surface area (Å²) in [7, 11) is 0. The van der Waals surface area contributed by atoms with Gasteiger partial charge in [-0.25, -0.2) is 8.78 Å². The first-order valence-electron chi connectivity index (χ1n) is 8.73. The third kappa shape index (κ3) is 5.92. The molecule has 0 spiro atoms. The van der Waals surface area contributed by atoms with Crippen LogP contribution >= 0.6 is 24.2 Å². The van der Waals surface area contributed by atoms with Gasteiger partial charge in [0, 0.05) is 17.0 Å². The van der Waals surface area contributed by atoms with Crippen molar-refractivity contribution >= 4 is 30.1 Å². The first kappa shape index (κ1) is 21.7. The summed E-state index contributed by atoms with van der Waals surface area (Å²) in [5, 5.41) is 5.97. The van der Waals surface area contributed by atoms with Crippen molar-refractivity contribution in [3.8, 4) is 0 Å². The number of carbonyl (C=O) groups excluding carboxylic acids is 1. The quantitative estimate of drug-likeness (QED) is 0.711. The Morgan fingerprint density at radius 3 is 2.59 bits per heavy atom. The maximum Gasteiger partial charge on any atom is 0.238 e. The van der Waals surface area contributed by atoms with E-state index in [9.17, 15) is 13.6 Å². The van der Waals surface area contributed by atoms with E-state index in [-0.39, 0.29) is 24.4 Å². The number of amides is 1. The third-order valence-corrected chi connectivity index (χ3v) is 5.70. The van der Waals surface area contributed by atoms with Crippen LogP contribution in [0.3, 0.4) is 0 Å². The molecule has 1 aliphatic rings. The van der Waals surface area contributed by atoms with E-state index in [2.05, 4.69) is 17.6 Å². The van der Waals surface area contributed by atoms with Crippen LogP contribution in [-0.2, 0) is 4.79 Å². The molecule has 0 aliphatic carbocycles. The molecular formula is C20H23ClF2N2OS. The normalized spacial score (nSPS) is 20.4. The Morgan fingerprint density at radius 1 is 1.19 bits per heavy atom. The number of hydrogen-bond acceptors (Lipinski definition) is 3. The molecule has 3 rings (SSSR count). The Morgan fingerprint density at radius 2 is 1.93 bits per heavy atom. The molecule has 1 heterocycles. The van der Waals surface area contributed by atoms with Crippen molar-refractivity contribution in [2.24, 2.45) is 0 Å². The minimum absolute atomic E-state index is 0. The molecule has 0 saturated carbocycles. The van der Waals surface area contributed by atoms with Crippen molar-refractivity contribution in [2.45, 2.75) is 42.0 Å². The summed E-state index contributed by atoms with van der Waals surface area (Å²) in [4.78, 5) is 13.5. The minimum atomic E-state index is -0.908. The molecule has 0 bridgehead atoms. The second-order valence-corrected chi connectivity index (χ2v) is 7.75. The second-order valence-electron chi connectivity index (χ2n) is 6.57. The lowest BCUT2D eigenvalue weighted by molar-refractivity contribution is -0.121. The van der Waals surface area contributed by atoms with Crippen LogP contribution in [0.1, 0.15) is 30.6 Å². The summed E-state index contributed by atoms with van der Waals surface area (Å²) in [5.74, 6) is -1.90. The number of carbonyl (C=O) groups is 1. The monoisotopic (exact) mass is 412 g/mol. The number of piperidine rings is 1. The van der Waals surface area contributed by atoms with Crippen molar-refractivity contribution in [1.82, 2.24) is 10.6 Å². The summed E-state index contributed by atoms with van der Waals surface area (Å²) in [6.07, 6.45) is 1.76. The number of thioether (sulfide) groups is 1. The highest BCUT2D eigenvalue weighted by Crippen LogP contribution is 2.36. The lowest BCUT2D eigenvalue weighted by Crippen LogP contribution is -2.47. The predicted octanol–water partition coefficient (Wildman–Crippen LogP) is 4.48. The number of rotatable bonds is 5. The minimum Gasteiger partial charge on any atom is -0.352 e. The SMILES string of the molecule is CC1CC(NC(=O)C(Sc2ccc(F)c(F)c2)c2ccccc2)CCN1.Cl. The average Bonchev–Trinajstić information content (AvgIpc) is 2.63. The fourth-order valence-electron chi connectivity index (χ4n) is 3.13. The van der Waals surface area contributed by atoms with E-state index in [0.29, 0.717) is 10.9 Å². The molecule has 1 amide bonds. The fourth-order valence-corrected chi connectivity index (χ4v) is 4.19. The summed E-state index contributed by atoms with van der Waals surface area (Å²) in [6, 6.07) is 13.6. The Labute approximate surface area is 168 Å². The zero-order valence-corrected chi connectivity index (χ0v) is 16.6. The largest absolute Gasteiger partial charge is 0.352 e. The zero-order valence-electron chi connectivity index (χ0n) is 15.0. The molecule has 3 unspecified atom stereocenters. The lowest BCUT2D eigenvalue weighted by atomic mass is 10.00. The molecule has 27 heavy (non-hydrogen) atoms. The molecule has 7 heteroatoms. The van der Waals surface area contributed by atoms with Crippen LogP contribution < -0.4 is 10.6 Å². The average molecular weight is 413 g/mol. The van der Waals surface area contributed by atoms with E-state index < -0.39 is 16.9 Å². The van der Waals surface area contributed by atoms with Crippen molar-refractivity contribution in [2.75, 3.05) is 6.54 Å². The molecule has 3 nitrogen and oxygen atoms in total. The van der Waals surface area contributed by atoms with Gasteiger partial charge in [-0.1, -0.05) is 30.3 Å². The van der Waals surface area contributed by atoms with Crippen LogP contribution in [-0.4, -0.2) is 24.5 Å². The van der Waals surface area contributed by atoms with Crippen molar-refractivity contribution in [3.63, 3.8) is 0 Å². The third-order valence-electron chi connectivity index (χ3n) is 4.46. The maximum atomic E-state index is 13.6. The van der Waals surface area contributed by atoms with Crippen LogP contribution in [0.2, 0.25) is 0 Å². The van der Waals surface area contributed by atoms with E-state index in [4.69, 9.17) is 0 Å². The van der Waals surface area contributed by atoms with E-state index in [0.717, 1.165) is 37.1 Å². The first-order chi connectivity index (χ1) is 12.5. The van der Waals surface area contributed by atoms with E-state index in [1.165, 1.54) is 17.8 Å². The van der Waals surface area contributed by atoms with Crippen LogP contribution in [0.4, 0.5) is 8.78 Å². The smallest absolute Gasteiger partial charge is 0.238 e. The van der Waals surface area contributed by atoms with E-state index in [1.807, 2.05) is 30.3 Å². The summed E-state index contributed by atoms with van der Waals surface area (Å²) in [6.45, 7) is 2.97. The van der Waals surface area contributed by atoms with Crippen LogP contribution in [0, 0.1) is 11.6 Å².